The van der Waals surface area contributed by atoms with E-state index in [-0.39, 0.29) is 26.1 Å². The Morgan fingerprint density at radius 1 is 0.419 bits per heavy atom. The van der Waals surface area contributed by atoms with Crippen molar-refractivity contribution in [3.63, 3.8) is 0 Å². The molecule has 74 heavy (non-hydrogen) atoms. The number of carbonyl (C=O) groups excluding carboxylic acids is 2. The van der Waals surface area contributed by atoms with Crippen molar-refractivity contribution in [3.8, 4) is 0 Å². The van der Waals surface area contributed by atoms with Gasteiger partial charge in [-0.3, -0.25) is 14.2 Å². The molecule has 2 unspecified atom stereocenters. The molecule has 0 spiro atoms. The van der Waals surface area contributed by atoms with Gasteiger partial charge in [-0.2, -0.15) is 0 Å². The first kappa shape index (κ1) is 70.9. The van der Waals surface area contributed by atoms with Gasteiger partial charge in [-0.05, 0) is 89.9 Å². The number of unbranched alkanes of at least 4 members (excludes halogenated alkanes) is 24. The van der Waals surface area contributed by atoms with Crippen LogP contribution in [-0.2, 0) is 32.7 Å². The zero-order valence-electron chi connectivity index (χ0n) is 48.3. The van der Waals surface area contributed by atoms with E-state index in [2.05, 4.69) is 111 Å². The van der Waals surface area contributed by atoms with Crippen LogP contribution in [0.3, 0.4) is 0 Å². The first-order chi connectivity index (χ1) is 36.0. The van der Waals surface area contributed by atoms with Crippen LogP contribution in [0, 0.1) is 0 Å². The molecule has 0 amide bonds. The number of hydrogen-bond acceptors (Lipinski definition) is 8. The van der Waals surface area contributed by atoms with Gasteiger partial charge >= 0.3 is 11.9 Å². The fourth-order valence-electron chi connectivity index (χ4n) is 8.05. The number of phosphoric ester groups is 1. The molecule has 0 radical (unpaired) electrons. The zero-order chi connectivity index (χ0) is 54.2. The highest BCUT2D eigenvalue weighted by molar-refractivity contribution is 7.45. The molecule has 0 aromatic rings. The topological polar surface area (TPSA) is 111 Å². The van der Waals surface area contributed by atoms with Crippen LogP contribution < -0.4 is 4.89 Å². The average molecular weight is 1050 g/mol. The van der Waals surface area contributed by atoms with Crippen molar-refractivity contribution in [2.24, 2.45) is 0 Å². The van der Waals surface area contributed by atoms with E-state index >= 15 is 0 Å². The number of likely N-dealkylation sites (N-methyl/N-ethyl adjacent to an activating group) is 1. The van der Waals surface area contributed by atoms with E-state index in [1.807, 2.05) is 21.1 Å². The summed E-state index contributed by atoms with van der Waals surface area (Å²) in [7, 11) is 1.16. The van der Waals surface area contributed by atoms with Crippen LogP contribution in [0.25, 0.3) is 0 Å². The lowest BCUT2D eigenvalue weighted by molar-refractivity contribution is -0.870. The Kier molecular flexibility index (Phi) is 52.4. The number of allylic oxidation sites excluding steroid dienone is 16. The lowest BCUT2D eigenvalue weighted by Gasteiger charge is -2.28. The zero-order valence-corrected chi connectivity index (χ0v) is 49.2. The molecule has 0 bridgehead atoms. The maximum absolute atomic E-state index is 12.8. The fraction of sp³-hybridized carbons (Fsp3) is 0.719. The predicted octanol–water partition coefficient (Wildman–Crippen LogP) is 18.2. The van der Waals surface area contributed by atoms with E-state index in [1.54, 1.807) is 0 Å². The SMILES string of the molecule is CC/C=C\C/C=C\C/C=C\C/C=C\CCCCCCCCCCCCCCCCCCC(=O)OC(COC(=O)CCCCCCCCCC/C=C\C/C=C\C/C=C\C/C=C\CC)COP(=O)([O-])OCC[N+](C)(C)C. The molecule has 0 aromatic heterocycles. The van der Waals surface area contributed by atoms with Crippen molar-refractivity contribution < 1.29 is 42.1 Å². The molecule has 0 saturated carbocycles. The lowest BCUT2D eigenvalue weighted by Crippen LogP contribution is -2.37. The van der Waals surface area contributed by atoms with Gasteiger partial charge in [0.05, 0.1) is 27.7 Å². The number of rotatable bonds is 54. The Morgan fingerprint density at radius 2 is 0.730 bits per heavy atom. The number of phosphoric acid groups is 1. The molecular formula is C64H112NO8P. The van der Waals surface area contributed by atoms with E-state index in [4.69, 9.17) is 18.5 Å². The van der Waals surface area contributed by atoms with Crippen molar-refractivity contribution in [2.75, 3.05) is 47.5 Å². The molecule has 2 atom stereocenters. The van der Waals surface area contributed by atoms with Crippen molar-refractivity contribution in [1.29, 1.82) is 0 Å². The van der Waals surface area contributed by atoms with Gasteiger partial charge in [0.25, 0.3) is 7.82 Å². The Labute approximate surface area is 455 Å². The summed E-state index contributed by atoms with van der Waals surface area (Å²) in [6, 6.07) is 0. The smallest absolute Gasteiger partial charge is 0.306 e. The summed E-state index contributed by atoms with van der Waals surface area (Å²) in [4.78, 5) is 37.9. The van der Waals surface area contributed by atoms with Crippen molar-refractivity contribution in [3.05, 3.63) is 97.2 Å². The second kappa shape index (κ2) is 54.7. The molecule has 10 heteroatoms. The summed E-state index contributed by atoms with van der Waals surface area (Å²) in [5.74, 6) is -0.842. The number of ether oxygens (including phenoxy) is 2. The van der Waals surface area contributed by atoms with E-state index in [0.29, 0.717) is 17.4 Å². The number of quaternary nitrogens is 1. The quantitative estimate of drug-likeness (QED) is 0.0195. The van der Waals surface area contributed by atoms with Crippen molar-refractivity contribution in [2.45, 2.75) is 251 Å². The highest BCUT2D eigenvalue weighted by atomic mass is 31.2. The Balaban J connectivity index is 4.14. The van der Waals surface area contributed by atoms with E-state index in [1.165, 1.54) is 109 Å². The van der Waals surface area contributed by atoms with Crippen LogP contribution in [0.4, 0.5) is 0 Å². The maximum Gasteiger partial charge on any atom is 0.306 e. The van der Waals surface area contributed by atoms with Crippen LogP contribution in [0.1, 0.15) is 245 Å². The lowest BCUT2D eigenvalue weighted by atomic mass is 10.0. The minimum absolute atomic E-state index is 0.0357. The number of nitrogens with zero attached hydrogens (tertiary/aromatic N) is 1. The monoisotopic (exact) mass is 1050 g/mol. The summed E-state index contributed by atoms with van der Waals surface area (Å²) in [6.07, 6.45) is 74.5. The summed E-state index contributed by atoms with van der Waals surface area (Å²) < 4.78 is 34.2. The third-order valence-corrected chi connectivity index (χ3v) is 13.6. The molecule has 0 aliphatic rings. The maximum atomic E-state index is 12.8. The molecule has 0 saturated heterocycles. The summed E-state index contributed by atoms with van der Waals surface area (Å²) in [5, 5.41) is 0. The Bertz CT molecular complexity index is 1570. The van der Waals surface area contributed by atoms with Crippen LogP contribution >= 0.6 is 7.82 Å². The number of esters is 2. The van der Waals surface area contributed by atoms with Crippen molar-refractivity contribution >= 4 is 19.8 Å². The van der Waals surface area contributed by atoms with E-state index < -0.39 is 32.5 Å². The second-order valence-corrected chi connectivity index (χ2v) is 22.4. The molecule has 0 aromatic carbocycles. The van der Waals surface area contributed by atoms with Gasteiger partial charge < -0.3 is 27.9 Å². The summed E-state index contributed by atoms with van der Waals surface area (Å²) in [6.45, 7) is 4.02. The molecule has 0 aliphatic heterocycles. The molecule has 0 fully saturated rings. The Hall–Kier alpha value is -3.07. The molecule has 426 valence electrons. The first-order valence-corrected chi connectivity index (χ1v) is 31.4. The minimum atomic E-state index is -4.64. The van der Waals surface area contributed by atoms with Gasteiger partial charge in [0, 0.05) is 12.8 Å². The third-order valence-electron chi connectivity index (χ3n) is 12.6. The van der Waals surface area contributed by atoms with Gasteiger partial charge in [0.2, 0.25) is 0 Å². The molecule has 9 nitrogen and oxygen atoms in total. The molecule has 0 rings (SSSR count). The normalized spacial score (nSPS) is 14.0. The summed E-state index contributed by atoms with van der Waals surface area (Å²) in [5.41, 5.74) is 0. The van der Waals surface area contributed by atoms with E-state index in [0.717, 1.165) is 103 Å². The highest BCUT2D eigenvalue weighted by Gasteiger charge is 2.22. The van der Waals surface area contributed by atoms with Crippen LogP contribution in [0.15, 0.2) is 97.2 Å². The third kappa shape index (κ3) is 58.2. The predicted molar refractivity (Wildman–Crippen MR) is 314 cm³/mol. The molecule has 0 aliphatic carbocycles. The standard InChI is InChI=1S/C64H112NO8P/c1-6-8-10-12-14-16-18-20-22-24-26-28-29-30-31-32-33-34-35-37-39-41-43-45-47-49-51-53-55-57-64(67)73-62(61-72-74(68,69)71-59-58-65(3,4)5)60-70-63(66)56-54-52-50-48-46-44-42-40-38-36-27-25-23-21-19-17-15-13-11-9-7-2/h8-11,14-17,20-23,26-28,36,62H,6-7,12-13,18-19,24-25,29-35,37-61H2,1-5H3/b10-8-,11-9-,16-14-,17-15-,22-20-,23-21-,28-26-,36-27-. The molecule has 0 heterocycles. The second-order valence-electron chi connectivity index (χ2n) is 20.9. The van der Waals surface area contributed by atoms with E-state index in [9.17, 15) is 19.0 Å². The van der Waals surface area contributed by atoms with Crippen LogP contribution in [-0.4, -0.2) is 70.0 Å². The molecule has 0 N–H and O–H groups in total. The van der Waals surface area contributed by atoms with Crippen molar-refractivity contribution in [1.82, 2.24) is 0 Å². The van der Waals surface area contributed by atoms with Gasteiger partial charge in [-0.25, -0.2) is 0 Å². The number of hydrogen-bond donors (Lipinski definition) is 0. The largest absolute Gasteiger partial charge is 0.756 e. The minimum Gasteiger partial charge on any atom is -0.756 e. The van der Waals surface area contributed by atoms with Gasteiger partial charge in [-0.15, -0.1) is 0 Å². The van der Waals surface area contributed by atoms with Crippen LogP contribution in [0.5, 0.6) is 0 Å². The fourth-order valence-corrected chi connectivity index (χ4v) is 8.78. The van der Waals surface area contributed by atoms with Gasteiger partial charge in [0.15, 0.2) is 6.10 Å². The summed E-state index contributed by atoms with van der Waals surface area (Å²) >= 11 is 0. The number of carbonyl (C=O) groups is 2. The van der Waals surface area contributed by atoms with Gasteiger partial charge in [0.1, 0.15) is 19.8 Å². The molecular weight excluding hydrogens is 942 g/mol. The highest BCUT2D eigenvalue weighted by Crippen LogP contribution is 2.38. The average Bonchev–Trinajstić information content (AvgIpc) is 3.36. The van der Waals surface area contributed by atoms with Crippen LogP contribution in [0.2, 0.25) is 0 Å². The Morgan fingerprint density at radius 3 is 1.08 bits per heavy atom. The van der Waals surface area contributed by atoms with Gasteiger partial charge in [-0.1, -0.05) is 239 Å². The first-order valence-electron chi connectivity index (χ1n) is 29.9.